The number of carbonyl (C=O) groups excluding carboxylic acids is 1. The van der Waals surface area contributed by atoms with Crippen molar-refractivity contribution in [3.63, 3.8) is 0 Å². The van der Waals surface area contributed by atoms with Crippen LogP contribution in [0, 0.1) is 6.92 Å². The number of benzene rings is 2. The molecule has 1 amide bonds. The molecule has 0 spiro atoms. The number of hydrogen-bond acceptors (Lipinski definition) is 3. The Morgan fingerprint density at radius 3 is 2.88 bits per heavy atom. The second-order valence-electron chi connectivity index (χ2n) is 5.70. The molecular formula is C20H21NO3. The van der Waals surface area contributed by atoms with Crippen molar-refractivity contribution in [2.45, 2.75) is 20.4 Å². The number of rotatable bonds is 5. The van der Waals surface area contributed by atoms with Gasteiger partial charge in [-0.2, -0.15) is 0 Å². The Labute approximate surface area is 142 Å². The predicted molar refractivity (Wildman–Crippen MR) is 94.1 cm³/mol. The molecule has 1 aliphatic rings. The molecule has 124 valence electrons. The summed E-state index contributed by atoms with van der Waals surface area (Å²) in [6.07, 6.45) is 1.87. The van der Waals surface area contributed by atoms with Crippen LogP contribution in [0.25, 0.3) is 6.08 Å². The molecule has 2 aromatic carbocycles. The molecular weight excluding hydrogens is 302 g/mol. The highest BCUT2D eigenvalue weighted by atomic mass is 16.5. The number of amides is 1. The molecule has 0 saturated carbocycles. The second-order valence-corrected chi connectivity index (χ2v) is 5.70. The van der Waals surface area contributed by atoms with Crippen molar-refractivity contribution in [3.05, 3.63) is 64.7 Å². The van der Waals surface area contributed by atoms with Crippen LogP contribution in [0.5, 0.6) is 11.5 Å². The lowest BCUT2D eigenvalue weighted by Crippen LogP contribution is -2.28. The summed E-state index contributed by atoms with van der Waals surface area (Å²) >= 11 is 0. The van der Waals surface area contributed by atoms with Gasteiger partial charge in [-0.05, 0) is 49.2 Å². The Kier molecular flexibility index (Phi) is 4.85. The monoisotopic (exact) mass is 323 g/mol. The third-order valence-corrected chi connectivity index (χ3v) is 4.00. The highest BCUT2D eigenvalue weighted by molar-refractivity contribution is 5.99. The fourth-order valence-corrected chi connectivity index (χ4v) is 2.64. The van der Waals surface area contributed by atoms with Crippen LogP contribution in [-0.4, -0.2) is 19.1 Å². The van der Waals surface area contributed by atoms with Crippen LogP contribution in [0.3, 0.4) is 0 Å². The maximum absolute atomic E-state index is 12.4. The van der Waals surface area contributed by atoms with Gasteiger partial charge in [-0.3, -0.25) is 4.79 Å². The minimum absolute atomic E-state index is 0.106. The lowest BCUT2D eigenvalue weighted by atomic mass is 10.1. The fourth-order valence-electron chi connectivity index (χ4n) is 2.64. The molecule has 0 aliphatic carbocycles. The van der Waals surface area contributed by atoms with Gasteiger partial charge in [0.2, 0.25) is 0 Å². The Hall–Kier alpha value is -2.75. The predicted octanol–water partition coefficient (Wildman–Crippen LogP) is 3.49. The molecule has 0 radical (unpaired) electrons. The first-order chi connectivity index (χ1) is 11.7. The van der Waals surface area contributed by atoms with Crippen LogP contribution < -0.4 is 14.8 Å². The smallest absolute Gasteiger partial charge is 0.250 e. The van der Waals surface area contributed by atoms with Gasteiger partial charge in [0.15, 0.2) is 0 Å². The van der Waals surface area contributed by atoms with Crippen LogP contribution in [0.15, 0.2) is 48.0 Å². The zero-order valence-electron chi connectivity index (χ0n) is 14.0. The molecule has 2 aromatic rings. The van der Waals surface area contributed by atoms with E-state index in [4.69, 9.17) is 9.47 Å². The van der Waals surface area contributed by atoms with Crippen molar-refractivity contribution < 1.29 is 14.3 Å². The first-order valence-corrected chi connectivity index (χ1v) is 8.10. The Bertz CT molecular complexity index is 780. The molecule has 0 saturated heterocycles. The molecule has 0 unspecified atom stereocenters. The van der Waals surface area contributed by atoms with E-state index in [0.29, 0.717) is 18.7 Å². The molecule has 3 rings (SSSR count). The molecule has 1 N–H and O–H groups in total. The van der Waals surface area contributed by atoms with Crippen molar-refractivity contribution >= 4 is 12.0 Å². The Morgan fingerprint density at radius 2 is 2.08 bits per heavy atom. The van der Waals surface area contributed by atoms with E-state index in [-0.39, 0.29) is 12.5 Å². The van der Waals surface area contributed by atoms with E-state index in [1.54, 1.807) is 0 Å². The second kappa shape index (κ2) is 7.21. The summed E-state index contributed by atoms with van der Waals surface area (Å²) in [6.45, 7) is 5.37. The SMILES string of the molecule is CCOc1ccc2c(c1)C=C(C(=O)NCc1ccccc1C)CO2. The molecule has 24 heavy (non-hydrogen) atoms. The van der Waals surface area contributed by atoms with Gasteiger partial charge in [-0.15, -0.1) is 0 Å². The van der Waals surface area contributed by atoms with E-state index < -0.39 is 0 Å². The highest BCUT2D eigenvalue weighted by Gasteiger charge is 2.17. The largest absolute Gasteiger partial charge is 0.494 e. The van der Waals surface area contributed by atoms with Crippen LogP contribution in [0.4, 0.5) is 0 Å². The Morgan fingerprint density at radius 1 is 1.25 bits per heavy atom. The summed E-state index contributed by atoms with van der Waals surface area (Å²) in [5.41, 5.74) is 3.76. The maximum Gasteiger partial charge on any atom is 0.250 e. The number of aryl methyl sites for hydroxylation is 1. The van der Waals surface area contributed by atoms with Gasteiger partial charge in [0.05, 0.1) is 12.2 Å². The molecule has 0 atom stereocenters. The number of ether oxygens (including phenoxy) is 2. The topological polar surface area (TPSA) is 47.6 Å². The number of carbonyl (C=O) groups is 1. The van der Waals surface area contributed by atoms with E-state index >= 15 is 0 Å². The fraction of sp³-hybridized carbons (Fsp3) is 0.250. The highest BCUT2D eigenvalue weighted by Crippen LogP contribution is 2.30. The van der Waals surface area contributed by atoms with E-state index in [1.807, 2.05) is 62.4 Å². The maximum atomic E-state index is 12.4. The molecule has 0 fully saturated rings. The van der Waals surface area contributed by atoms with E-state index in [0.717, 1.165) is 22.6 Å². The summed E-state index contributed by atoms with van der Waals surface area (Å²) in [4.78, 5) is 12.4. The molecule has 4 nitrogen and oxygen atoms in total. The van der Waals surface area contributed by atoms with Gasteiger partial charge in [-0.1, -0.05) is 24.3 Å². The van der Waals surface area contributed by atoms with Crippen molar-refractivity contribution in [1.82, 2.24) is 5.32 Å². The van der Waals surface area contributed by atoms with E-state index in [1.165, 1.54) is 5.56 Å². The van der Waals surface area contributed by atoms with Crippen LogP contribution in [0.1, 0.15) is 23.6 Å². The van der Waals surface area contributed by atoms with Gasteiger partial charge in [0, 0.05) is 12.1 Å². The van der Waals surface area contributed by atoms with Gasteiger partial charge in [0.25, 0.3) is 5.91 Å². The zero-order valence-corrected chi connectivity index (χ0v) is 14.0. The summed E-state index contributed by atoms with van der Waals surface area (Å²) in [6, 6.07) is 13.7. The van der Waals surface area contributed by atoms with Crippen molar-refractivity contribution in [2.24, 2.45) is 0 Å². The third-order valence-electron chi connectivity index (χ3n) is 4.00. The third kappa shape index (κ3) is 3.59. The normalized spacial score (nSPS) is 12.7. The van der Waals surface area contributed by atoms with Crippen LogP contribution >= 0.6 is 0 Å². The van der Waals surface area contributed by atoms with Gasteiger partial charge in [0.1, 0.15) is 18.1 Å². The van der Waals surface area contributed by atoms with E-state index in [9.17, 15) is 4.79 Å². The summed E-state index contributed by atoms with van der Waals surface area (Å²) in [7, 11) is 0. The lowest BCUT2D eigenvalue weighted by Gasteiger charge is -2.18. The molecule has 4 heteroatoms. The molecule has 1 heterocycles. The molecule has 0 aromatic heterocycles. The van der Waals surface area contributed by atoms with Crippen LogP contribution in [-0.2, 0) is 11.3 Å². The minimum Gasteiger partial charge on any atom is -0.494 e. The standard InChI is InChI=1S/C20H21NO3/c1-3-23-18-8-9-19-16(11-18)10-17(13-24-19)20(22)21-12-15-7-5-4-6-14(15)2/h4-11H,3,12-13H2,1-2H3,(H,21,22). The van der Waals surface area contributed by atoms with Crippen molar-refractivity contribution in [3.8, 4) is 11.5 Å². The number of hydrogen-bond donors (Lipinski definition) is 1. The van der Waals surface area contributed by atoms with Gasteiger partial charge < -0.3 is 14.8 Å². The van der Waals surface area contributed by atoms with Gasteiger partial charge >= 0.3 is 0 Å². The minimum atomic E-state index is -0.106. The first-order valence-electron chi connectivity index (χ1n) is 8.10. The summed E-state index contributed by atoms with van der Waals surface area (Å²) < 4.78 is 11.2. The van der Waals surface area contributed by atoms with Crippen molar-refractivity contribution in [2.75, 3.05) is 13.2 Å². The van der Waals surface area contributed by atoms with Crippen molar-refractivity contribution in [1.29, 1.82) is 0 Å². The lowest BCUT2D eigenvalue weighted by molar-refractivity contribution is -0.117. The summed E-state index contributed by atoms with van der Waals surface area (Å²) in [5, 5.41) is 2.96. The van der Waals surface area contributed by atoms with E-state index in [2.05, 4.69) is 5.32 Å². The summed E-state index contributed by atoms with van der Waals surface area (Å²) in [5.74, 6) is 1.44. The first kappa shape index (κ1) is 16.1. The Balaban J connectivity index is 1.71. The zero-order chi connectivity index (χ0) is 16.9. The number of nitrogens with one attached hydrogen (secondary N) is 1. The average molecular weight is 323 g/mol. The molecule has 1 aliphatic heterocycles. The van der Waals surface area contributed by atoms with Crippen LogP contribution in [0.2, 0.25) is 0 Å². The molecule has 0 bridgehead atoms. The van der Waals surface area contributed by atoms with Gasteiger partial charge in [-0.25, -0.2) is 0 Å². The number of fused-ring (bicyclic) bond motifs is 1. The average Bonchev–Trinajstić information content (AvgIpc) is 2.60. The quantitative estimate of drug-likeness (QED) is 0.916.